The fourth-order valence-corrected chi connectivity index (χ4v) is 2.90. The van der Waals surface area contributed by atoms with Gasteiger partial charge in [-0.1, -0.05) is 12.1 Å². The van der Waals surface area contributed by atoms with E-state index in [-0.39, 0.29) is 11.9 Å². The van der Waals surface area contributed by atoms with Gasteiger partial charge in [-0.15, -0.1) is 0 Å². The van der Waals surface area contributed by atoms with Crippen LogP contribution in [0.3, 0.4) is 0 Å². The number of ether oxygens (including phenoxy) is 1. The van der Waals surface area contributed by atoms with Gasteiger partial charge in [-0.3, -0.25) is 0 Å². The third kappa shape index (κ3) is 2.98. The molecule has 0 radical (unpaired) electrons. The average Bonchev–Trinajstić information content (AvgIpc) is 3.11. The average molecular weight is 336 g/mol. The second-order valence-corrected chi connectivity index (χ2v) is 5.69. The molecule has 25 heavy (non-hydrogen) atoms. The smallest absolute Gasteiger partial charge is 0.226 e. The summed E-state index contributed by atoms with van der Waals surface area (Å²) in [4.78, 5) is 4.27. The van der Waals surface area contributed by atoms with E-state index in [1.165, 1.54) is 18.5 Å². The van der Waals surface area contributed by atoms with Gasteiger partial charge in [-0.2, -0.15) is 10.1 Å². The molecule has 0 saturated carbocycles. The number of benzene rings is 2. The third-order valence-electron chi connectivity index (χ3n) is 4.10. The molecule has 0 bridgehead atoms. The largest absolute Gasteiger partial charge is 0.494 e. The molecule has 2 heterocycles. The molecule has 5 nitrogen and oxygen atoms in total. The molecule has 0 saturated heterocycles. The van der Waals surface area contributed by atoms with Gasteiger partial charge in [0.05, 0.1) is 6.61 Å². The van der Waals surface area contributed by atoms with Gasteiger partial charge in [0.2, 0.25) is 5.95 Å². The first-order chi connectivity index (χ1) is 12.2. The zero-order valence-electron chi connectivity index (χ0n) is 13.7. The number of hydrogen-bond acceptors (Lipinski definition) is 4. The SMILES string of the molecule is CCOc1ccc([C@@H]2C=C(c3ccc(F)cc3)Nc3ncnn32)cc1. The van der Waals surface area contributed by atoms with Crippen LogP contribution in [0.4, 0.5) is 10.3 Å². The maximum atomic E-state index is 13.2. The lowest BCUT2D eigenvalue weighted by Gasteiger charge is -2.24. The molecule has 6 heteroatoms. The van der Waals surface area contributed by atoms with E-state index in [1.807, 2.05) is 35.9 Å². The van der Waals surface area contributed by atoms with Crippen LogP contribution in [0.2, 0.25) is 0 Å². The van der Waals surface area contributed by atoms with Gasteiger partial charge < -0.3 is 10.1 Å². The van der Waals surface area contributed by atoms with Crippen molar-refractivity contribution >= 4 is 11.6 Å². The molecule has 1 aliphatic heterocycles. The van der Waals surface area contributed by atoms with E-state index in [9.17, 15) is 4.39 Å². The van der Waals surface area contributed by atoms with Gasteiger partial charge in [0, 0.05) is 5.70 Å². The lowest BCUT2D eigenvalue weighted by Crippen LogP contribution is -2.20. The lowest BCUT2D eigenvalue weighted by atomic mass is 10.0. The van der Waals surface area contributed by atoms with E-state index in [2.05, 4.69) is 21.5 Å². The minimum Gasteiger partial charge on any atom is -0.494 e. The number of hydrogen-bond donors (Lipinski definition) is 1. The highest BCUT2D eigenvalue weighted by molar-refractivity contribution is 5.77. The molecule has 126 valence electrons. The molecule has 0 aliphatic carbocycles. The van der Waals surface area contributed by atoms with Gasteiger partial charge in [-0.25, -0.2) is 9.07 Å². The first kappa shape index (κ1) is 15.4. The lowest BCUT2D eigenvalue weighted by molar-refractivity contribution is 0.340. The van der Waals surface area contributed by atoms with Crippen LogP contribution >= 0.6 is 0 Å². The van der Waals surface area contributed by atoms with Crippen LogP contribution in [0.25, 0.3) is 5.70 Å². The summed E-state index contributed by atoms with van der Waals surface area (Å²) in [5.74, 6) is 1.23. The highest BCUT2D eigenvalue weighted by Crippen LogP contribution is 2.32. The Hall–Kier alpha value is -3.15. The Morgan fingerprint density at radius 3 is 2.60 bits per heavy atom. The van der Waals surface area contributed by atoms with Gasteiger partial charge in [-0.05, 0) is 60.5 Å². The minimum atomic E-state index is -0.258. The van der Waals surface area contributed by atoms with E-state index < -0.39 is 0 Å². The van der Waals surface area contributed by atoms with Crippen molar-refractivity contribution in [1.29, 1.82) is 0 Å². The molecule has 1 aromatic heterocycles. The summed E-state index contributed by atoms with van der Waals surface area (Å²) in [5, 5.41) is 7.57. The highest BCUT2D eigenvalue weighted by Gasteiger charge is 2.23. The molecule has 1 aliphatic rings. The van der Waals surface area contributed by atoms with Crippen molar-refractivity contribution in [2.45, 2.75) is 13.0 Å². The van der Waals surface area contributed by atoms with E-state index in [1.54, 1.807) is 12.1 Å². The Bertz CT molecular complexity index is 900. The predicted octanol–water partition coefficient (Wildman–Crippen LogP) is 3.87. The Morgan fingerprint density at radius 2 is 1.88 bits per heavy atom. The van der Waals surface area contributed by atoms with Gasteiger partial charge in [0.25, 0.3) is 0 Å². The molecule has 0 amide bonds. The van der Waals surface area contributed by atoms with Crippen LogP contribution < -0.4 is 10.1 Å². The Kier molecular flexibility index (Phi) is 3.93. The maximum Gasteiger partial charge on any atom is 0.226 e. The first-order valence-corrected chi connectivity index (χ1v) is 8.11. The summed E-state index contributed by atoms with van der Waals surface area (Å²) >= 11 is 0. The molecular weight excluding hydrogens is 319 g/mol. The van der Waals surface area contributed by atoms with Crippen molar-refractivity contribution in [1.82, 2.24) is 14.8 Å². The summed E-state index contributed by atoms with van der Waals surface area (Å²) in [6.07, 6.45) is 3.58. The van der Waals surface area contributed by atoms with E-state index >= 15 is 0 Å². The van der Waals surface area contributed by atoms with Crippen LogP contribution in [0, 0.1) is 5.82 Å². The molecule has 3 aromatic rings. The van der Waals surface area contributed by atoms with Crippen LogP contribution in [0.5, 0.6) is 5.75 Å². The summed E-state index contributed by atoms with van der Waals surface area (Å²) in [6.45, 7) is 2.59. The summed E-state index contributed by atoms with van der Waals surface area (Å²) in [6, 6.07) is 14.2. The van der Waals surface area contributed by atoms with Crippen LogP contribution in [-0.2, 0) is 0 Å². The summed E-state index contributed by atoms with van der Waals surface area (Å²) in [7, 11) is 0. The number of fused-ring (bicyclic) bond motifs is 1. The molecular formula is C19H17FN4O. The zero-order chi connectivity index (χ0) is 17.2. The standard InChI is InChI=1S/C19H17FN4O/c1-2-25-16-9-5-14(6-10-16)18-11-17(13-3-7-15(20)8-4-13)23-19-21-12-22-24(18)19/h3-12,18H,2H2,1H3,(H,21,22,23)/t18-/m0/s1. The Balaban J connectivity index is 1.73. The zero-order valence-corrected chi connectivity index (χ0v) is 13.7. The van der Waals surface area contributed by atoms with Crippen molar-refractivity contribution in [2.24, 2.45) is 0 Å². The first-order valence-electron chi connectivity index (χ1n) is 8.11. The second kappa shape index (κ2) is 6.39. The molecule has 0 unspecified atom stereocenters. The molecule has 0 fully saturated rings. The van der Waals surface area contributed by atoms with Crippen molar-refractivity contribution in [3.05, 3.63) is 77.9 Å². The van der Waals surface area contributed by atoms with Gasteiger partial charge in [0.15, 0.2) is 0 Å². The Morgan fingerprint density at radius 1 is 1.12 bits per heavy atom. The van der Waals surface area contributed by atoms with E-state index in [0.717, 1.165) is 22.6 Å². The monoisotopic (exact) mass is 336 g/mol. The molecule has 0 spiro atoms. The van der Waals surface area contributed by atoms with Crippen molar-refractivity contribution < 1.29 is 9.13 Å². The van der Waals surface area contributed by atoms with E-state index in [0.29, 0.717) is 12.6 Å². The normalized spacial score (nSPS) is 15.9. The van der Waals surface area contributed by atoms with Crippen LogP contribution in [0.15, 0.2) is 60.9 Å². The highest BCUT2D eigenvalue weighted by atomic mass is 19.1. The number of rotatable bonds is 4. The number of anilines is 1. The molecule has 1 atom stereocenters. The number of halogens is 1. The fraction of sp³-hybridized carbons (Fsp3) is 0.158. The fourth-order valence-electron chi connectivity index (χ4n) is 2.90. The number of nitrogens with one attached hydrogen (secondary N) is 1. The minimum absolute atomic E-state index is 0.102. The van der Waals surface area contributed by atoms with E-state index in [4.69, 9.17) is 4.74 Å². The van der Waals surface area contributed by atoms with Crippen LogP contribution in [0.1, 0.15) is 24.1 Å². The van der Waals surface area contributed by atoms with Crippen LogP contribution in [-0.4, -0.2) is 21.4 Å². The van der Waals surface area contributed by atoms with Gasteiger partial charge >= 0.3 is 0 Å². The molecule has 4 rings (SSSR count). The Labute approximate surface area is 144 Å². The summed E-state index contributed by atoms with van der Waals surface area (Å²) in [5.41, 5.74) is 2.84. The molecule has 1 N–H and O–H groups in total. The number of nitrogens with zero attached hydrogens (tertiary/aromatic N) is 3. The topological polar surface area (TPSA) is 52.0 Å². The van der Waals surface area contributed by atoms with Crippen molar-refractivity contribution in [3.8, 4) is 5.75 Å². The number of aromatic nitrogens is 3. The van der Waals surface area contributed by atoms with Crippen molar-refractivity contribution in [3.63, 3.8) is 0 Å². The quantitative estimate of drug-likeness (QED) is 0.786. The second-order valence-electron chi connectivity index (χ2n) is 5.69. The maximum absolute atomic E-state index is 13.2. The van der Waals surface area contributed by atoms with Gasteiger partial charge in [0.1, 0.15) is 23.9 Å². The van der Waals surface area contributed by atoms with Crippen molar-refractivity contribution in [2.75, 3.05) is 11.9 Å². The summed E-state index contributed by atoms with van der Waals surface area (Å²) < 4.78 is 20.5. The predicted molar refractivity (Wildman–Crippen MR) is 93.8 cm³/mol. The molecule has 2 aromatic carbocycles. The third-order valence-corrected chi connectivity index (χ3v) is 4.10. The number of allylic oxidation sites excluding steroid dienone is 1.